The molecule has 1 aliphatic rings. The van der Waals surface area contributed by atoms with Crippen LogP contribution in [0, 0.1) is 5.82 Å². The molecule has 0 unspecified atom stereocenters. The SMILES string of the molecule is COc1ccc(C2=CSc3nnc(-c4ccccc4F)n3N2)cc1OC. The van der Waals surface area contributed by atoms with Gasteiger partial charge in [0.15, 0.2) is 17.3 Å². The molecule has 1 N–H and O–H groups in total. The maximum absolute atomic E-state index is 14.2. The lowest BCUT2D eigenvalue weighted by Gasteiger charge is -2.20. The molecule has 1 aromatic heterocycles. The van der Waals surface area contributed by atoms with Gasteiger partial charge in [0.05, 0.1) is 25.5 Å². The zero-order valence-electron chi connectivity index (χ0n) is 14.1. The molecule has 132 valence electrons. The van der Waals surface area contributed by atoms with Crippen LogP contribution in [0.3, 0.4) is 0 Å². The first-order valence-corrected chi connectivity index (χ1v) is 8.66. The second-order valence-corrected chi connectivity index (χ2v) is 6.29. The Hall–Kier alpha value is -3.00. The summed E-state index contributed by atoms with van der Waals surface area (Å²) in [6.07, 6.45) is 0. The van der Waals surface area contributed by atoms with Crippen LogP contribution in [-0.2, 0) is 0 Å². The summed E-state index contributed by atoms with van der Waals surface area (Å²) in [5.74, 6) is 1.34. The number of ether oxygens (including phenoxy) is 2. The first-order valence-electron chi connectivity index (χ1n) is 7.78. The minimum atomic E-state index is -0.350. The molecule has 8 heteroatoms. The standard InChI is InChI=1S/C18H15FN4O2S/c1-24-15-8-7-11(9-16(15)25-2)14-10-26-18-21-20-17(23(18)22-14)12-5-3-4-6-13(12)19/h3-10,22H,1-2H3. The Kier molecular flexibility index (Phi) is 4.26. The summed E-state index contributed by atoms with van der Waals surface area (Å²) in [5, 5.41) is 10.8. The molecular weight excluding hydrogens is 355 g/mol. The van der Waals surface area contributed by atoms with Crippen molar-refractivity contribution in [3.63, 3.8) is 0 Å². The highest BCUT2D eigenvalue weighted by atomic mass is 32.2. The van der Waals surface area contributed by atoms with Crippen LogP contribution < -0.4 is 14.9 Å². The maximum atomic E-state index is 14.2. The molecule has 0 amide bonds. The van der Waals surface area contributed by atoms with Gasteiger partial charge >= 0.3 is 0 Å². The van der Waals surface area contributed by atoms with E-state index in [0.29, 0.717) is 28.0 Å². The molecule has 0 saturated carbocycles. The van der Waals surface area contributed by atoms with E-state index in [1.807, 2.05) is 23.6 Å². The number of methoxy groups -OCH3 is 2. The second-order valence-electron chi connectivity index (χ2n) is 5.45. The Morgan fingerprint density at radius 3 is 2.62 bits per heavy atom. The predicted molar refractivity (Wildman–Crippen MR) is 98.2 cm³/mol. The van der Waals surface area contributed by atoms with E-state index >= 15 is 0 Å². The lowest BCUT2D eigenvalue weighted by Crippen LogP contribution is -2.18. The van der Waals surface area contributed by atoms with Crippen LogP contribution in [0.5, 0.6) is 11.5 Å². The number of nitrogens with zero attached hydrogens (tertiary/aromatic N) is 3. The number of hydrogen-bond acceptors (Lipinski definition) is 6. The molecule has 3 aromatic rings. The fourth-order valence-electron chi connectivity index (χ4n) is 2.66. The largest absolute Gasteiger partial charge is 0.493 e. The van der Waals surface area contributed by atoms with Crippen molar-refractivity contribution in [2.24, 2.45) is 0 Å². The van der Waals surface area contributed by atoms with E-state index in [9.17, 15) is 4.39 Å². The van der Waals surface area contributed by atoms with Crippen LogP contribution in [0.15, 0.2) is 53.0 Å². The lowest BCUT2D eigenvalue weighted by atomic mass is 10.1. The Morgan fingerprint density at radius 1 is 1.04 bits per heavy atom. The molecule has 6 nitrogen and oxygen atoms in total. The number of rotatable bonds is 4. The van der Waals surface area contributed by atoms with Gasteiger partial charge < -0.3 is 9.47 Å². The molecule has 4 rings (SSSR count). The number of nitrogens with one attached hydrogen (secondary N) is 1. The third-order valence-corrected chi connectivity index (χ3v) is 4.79. The third-order valence-electron chi connectivity index (χ3n) is 3.96. The van der Waals surface area contributed by atoms with Gasteiger partial charge in [0, 0.05) is 11.0 Å². The van der Waals surface area contributed by atoms with Crippen LogP contribution in [-0.4, -0.2) is 29.1 Å². The van der Waals surface area contributed by atoms with E-state index in [0.717, 1.165) is 11.3 Å². The number of aromatic nitrogens is 3. The second kappa shape index (κ2) is 6.72. The summed E-state index contributed by atoms with van der Waals surface area (Å²) in [4.78, 5) is 0. The number of thioether (sulfide) groups is 1. The third kappa shape index (κ3) is 2.78. The topological polar surface area (TPSA) is 61.2 Å². The highest BCUT2D eigenvalue weighted by Crippen LogP contribution is 2.35. The zero-order chi connectivity index (χ0) is 18.1. The van der Waals surface area contributed by atoms with E-state index in [1.54, 1.807) is 37.1 Å². The molecule has 1 aliphatic heterocycles. The summed E-state index contributed by atoms with van der Waals surface area (Å²) in [6, 6.07) is 12.1. The number of halogens is 1. The van der Waals surface area contributed by atoms with E-state index in [4.69, 9.17) is 9.47 Å². The molecular formula is C18H15FN4O2S. The average molecular weight is 370 g/mol. The summed E-state index contributed by atoms with van der Waals surface area (Å²) in [6.45, 7) is 0. The first-order chi connectivity index (χ1) is 12.7. The van der Waals surface area contributed by atoms with E-state index in [2.05, 4.69) is 15.6 Å². The fraction of sp³-hybridized carbons (Fsp3) is 0.111. The summed E-state index contributed by atoms with van der Waals surface area (Å²) < 4.78 is 26.5. The van der Waals surface area contributed by atoms with Gasteiger partial charge in [-0.05, 0) is 30.3 Å². The molecule has 0 bridgehead atoms. The molecule has 26 heavy (non-hydrogen) atoms. The average Bonchev–Trinajstić information content (AvgIpc) is 3.10. The van der Waals surface area contributed by atoms with Crippen molar-refractivity contribution < 1.29 is 13.9 Å². The van der Waals surface area contributed by atoms with Gasteiger partial charge in [-0.3, -0.25) is 5.43 Å². The molecule has 0 aliphatic carbocycles. The Morgan fingerprint density at radius 2 is 1.85 bits per heavy atom. The van der Waals surface area contributed by atoms with Gasteiger partial charge in [0.2, 0.25) is 5.16 Å². The van der Waals surface area contributed by atoms with E-state index in [-0.39, 0.29) is 5.82 Å². The van der Waals surface area contributed by atoms with Crippen molar-refractivity contribution >= 4 is 17.5 Å². The van der Waals surface area contributed by atoms with Crippen molar-refractivity contribution in [1.82, 2.24) is 14.9 Å². The highest BCUT2D eigenvalue weighted by Gasteiger charge is 2.21. The highest BCUT2D eigenvalue weighted by molar-refractivity contribution is 8.02. The normalized spacial score (nSPS) is 12.8. The monoisotopic (exact) mass is 370 g/mol. The van der Waals surface area contributed by atoms with Gasteiger partial charge in [-0.25, -0.2) is 9.07 Å². The smallest absolute Gasteiger partial charge is 0.214 e. The van der Waals surface area contributed by atoms with Gasteiger partial charge in [-0.2, -0.15) is 0 Å². The van der Waals surface area contributed by atoms with Crippen LogP contribution in [0.4, 0.5) is 4.39 Å². The summed E-state index contributed by atoms with van der Waals surface area (Å²) in [5.41, 5.74) is 5.35. The van der Waals surface area contributed by atoms with Gasteiger partial charge in [-0.1, -0.05) is 23.9 Å². The van der Waals surface area contributed by atoms with Crippen LogP contribution in [0.1, 0.15) is 5.56 Å². The van der Waals surface area contributed by atoms with Gasteiger partial charge in [0.25, 0.3) is 0 Å². The maximum Gasteiger partial charge on any atom is 0.214 e. The van der Waals surface area contributed by atoms with Crippen LogP contribution in [0.2, 0.25) is 0 Å². The molecule has 2 aromatic carbocycles. The number of benzene rings is 2. The van der Waals surface area contributed by atoms with E-state index in [1.165, 1.54) is 17.8 Å². The van der Waals surface area contributed by atoms with Crippen molar-refractivity contribution in [2.75, 3.05) is 19.6 Å². The molecule has 2 heterocycles. The van der Waals surface area contributed by atoms with Crippen LogP contribution in [0.25, 0.3) is 17.1 Å². The summed E-state index contributed by atoms with van der Waals surface area (Å²) >= 11 is 1.41. The minimum absolute atomic E-state index is 0.350. The molecule has 0 saturated heterocycles. The van der Waals surface area contributed by atoms with Crippen molar-refractivity contribution in [3.8, 4) is 22.9 Å². The van der Waals surface area contributed by atoms with Crippen molar-refractivity contribution in [3.05, 3.63) is 59.3 Å². The molecule has 0 fully saturated rings. The Bertz CT molecular complexity index is 1000. The fourth-order valence-corrected chi connectivity index (χ4v) is 3.40. The number of hydrogen-bond donors (Lipinski definition) is 1. The van der Waals surface area contributed by atoms with Crippen molar-refractivity contribution in [2.45, 2.75) is 5.16 Å². The lowest BCUT2D eigenvalue weighted by molar-refractivity contribution is 0.355. The van der Waals surface area contributed by atoms with Crippen LogP contribution >= 0.6 is 11.8 Å². The first kappa shape index (κ1) is 16.5. The Balaban J connectivity index is 1.70. The van der Waals surface area contributed by atoms with Gasteiger partial charge in [-0.15, -0.1) is 10.2 Å². The van der Waals surface area contributed by atoms with Crippen molar-refractivity contribution in [1.29, 1.82) is 0 Å². The minimum Gasteiger partial charge on any atom is -0.493 e. The molecule has 0 atom stereocenters. The zero-order valence-corrected chi connectivity index (χ0v) is 14.9. The predicted octanol–water partition coefficient (Wildman–Crippen LogP) is 3.75. The number of fused-ring (bicyclic) bond motifs is 1. The quantitative estimate of drug-likeness (QED) is 0.755. The summed E-state index contributed by atoms with van der Waals surface area (Å²) in [7, 11) is 3.18. The van der Waals surface area contributed by atoms with Gasteiger partial charge in [0.1, 0.15) is 5.82 Å². The Labute approximate surface area is 153 Å². The van der Waals surface area contributed by atoms with E-state index < -0.39 is 0 Å². The molecule has 0 radical (unpaired) electrons. The molecule has 0 spiro atoms.